The van der Waals surface area contributed by atoms with Crippen molar-refractivity contribution in [1.82, 2.24) is 0 Å². The minimum atomic E-state index is -0.331. The molecular formula is C8H17NO3. The Bertz CT molecular complexity index is 134. The molecule has 72 valence electrons. The summed E-state index contributed by atoms with van der Waals surface area (Å²) in [7, 11) is 3.09. The van der Waals surface area contributed by atoms with Crippen molar-refractivity contribution in [1.29, 1.82) is 0 Å². The van der Waals surface area contributed by atoms with E-state index in [0.29, 0.717) is 6.42 Å². The van der Waals surface area contributed by atoms with E-state index in [-0.39, 0.29) is 18.1 Å². The predicted molar refractivity (Wildman–Crippen MR) is 45.4 cm³/mol. The Morgan fingerprint density at radius 2 is 1.92 bits per heavy atom. The summed E-state index contributed by atoms with van der Waals surface area (Å²) >= 11 is 0. The Labute approximate surface area is 73.0 Å². The van der Waals surface area contributed by atoms with Crippen LogP contribution in [0.4, 0.5) is 0 Å². The van der Waals surface area contributed by atoms with Crippen molar-refractivity contribution in [2.45, 2.75) is 26.1 Å². The SMILES string of the molecule is CCC(CC(OC)OC)C(N)=O. The zero-order valence-electron chi connectivity index (χ0n) is 7.87. The lowest BCUT2D eigenvalue weighted by molar-refractivity contribution is -0.134. The number of amides is 1. The van der Waals surface area contributed by atoms with Crippen molar-refractivity contribution in [3.63, 3.8) is 0 Å². The van der Waals surface area contributed by atoms with Gasteiger partial charge in [-0.2, -0.15) is 0 Å². The highest BCUT2D eigenvalue weighted by Crippen LogP contribution is 2.12. The fraction of sp³-hybridized carbons (Fsp3) is 0.875. The van der Waals surface area contributed by atoms with E-state index in [4.69, 9.17) is 15.2 Å². The summed E-state index contributed by atoms with van der Waals surface area (Å²) in [5.41, 5.74) is 5.15. The molecule has 0 rings (SSSR count). The monoisotopic (exact) mass is 175 g/mol. The van der Waals surface area contributed by atoms with Gasteiger partial charge in [0.1, 0.15) is 0 Å². The van der Waals surface area contributed by atoms with Crippen LogP contribution in [0.2, 0.25) is 0 Å². The summed E-state index contributed by atoms with van der Waals surface area (Å²) < 4.78 is 9.90. The maximum atomic E-state index is 10.8. The predicted octanol–water partition coefficient (Wildman–Crippen LogP) is 0.507. The molecule has 12 heavy (non-hydrogen) atoms. The topological polar surface area (TPSA) is 61.6 Å². The standard InChI is InChI=1S/C8H17NO3/c1-4-6(8(9)10)5-7(11-2)12-3/h6-7H,4-5H2,1-3H3,(H2,9,10). The molecule has 0 radical (unpaired) electrons. The third-order valence-corrected chi connectivity index (χ3v) is 1.90. The van der Waals surface area contributed by atoms with E-state index in [1.165, 1.54) is 0 Å². The quantitative estimate of drug-likeness (QED) is 0.598. The third kappa shape index (κ3) is 3.69. The number of nitrogens with two attached hydrogens (primary N) is 1. The van der Waals surface area contributed by atoms with Gasteiger partial charge in [-0.25, -0.2) is 0 Å². The van der Waals surface area contributed by atoms with E-state index >= 15 is 0 Å². The molecule has 0 aliphatic heterocycles. The molecule has 2 N–H and O–H groups in total. The third-order valence-electron chi connectivity index (χ3n) is 1.90. The van der Waals surface area contributed by atoms with Crippen molar-refractivity contribution >= 4 is 5.91 Å². The van der Waals surface area contributed by atoms with Gasteiger partial charge in [-0.05, 0) is 6.42 Å². The lowest BCUT2D eigenvalue weighted by atomic mass is 10.0. The maximum absolute atomic E-state index is 10.8. The summed E-state index contributed by atoms with van der Waals surface area (Å²) in [5.74, 6) is -0.452. The number of methoxy groups -OCH3 is 2. The van der Waals surface area contributed by atoms with E-state index in [9.17, 15) is 4.79 Å². The second-order valence-corrected chi connectivity index (χ2v) is 2.64. The maximum Gasteiger partial charge on any atom is 0.220 e. The fourth-order valence-corrected chi connectivity index (χ4v) is 1.00. The average molecular weight is 175 g/mol. The molecule has 4 heteroatoms. The first-order valence-electron chi connectivity index (χ1n) is 4.00. The Balaban J connectivity index is 3.91. The Morgan fingerprint density at radius 1 is 1.42 bits per heavy atom. The van der Waals surface area contributed by atoms with Crippen LogP contribution in [-0.2, 0) is 14.3 Å². The number of hydrogen-bond donors (Lipinski definition) is 1. The lowest BCUT2D eigenvalue weighted by Gasteiger charge is -2.17. The van der Waals surface area contributed by atoms with Crippen LogP contribution in [-0.4, -0.2) is 26.4 Å². The first-order chi connectivity index (χ1) is 5.65. The Morgan fingerprint density at radius 3 is 2.17 bits per heavy atom. The normalized spacial score (nSPS) is 13.3. The van der Waals surface area contributed by atoms with Crippen molar-refractivity contribution in [2.75, 3.05) is 14.2 Å². The molecule has 1 amide bonds. The van der Waals surface area contributed by atoms with Crippen LogP contribution in [0.15, 0.2) is 0 Å². The first-order valence-corrected chi connectivity index (χ1v) is 4.00. The number of rotatable bonds is 6. The molecule has 0 aliphatic carbocycles. The highest BCUT2D eigenvalue weighted by atomic mass is 16.7. The molecule has 0 aromatic heterocycles. The van der Waals surface area contributed by atoms with E-state index in [1.54, 1.807) is 14.2 Å². The van der Waals surface area contributed by atoms with Gasteiger partial charge in [0.15, 0.2) is 6.29 Å². The molecule has 0 saturated heterocycles. The zero-order chi connectivity index (χ0) is 9.56. The van der Waals surface area contributed by atoms with Crippen molar-refractivity contribution < 1.29 is 14.3 Å². The van der Waals surface area contributed by atoms with Gasteiger partial charge in [-0.3, -0.25) is 4.79 Å². The molecule has 4 nitrogen and oxygen atoms in total. The van der Waals surface area contributed by atoms with E-state index in [1.807, 2.05) is 6.92 Å². The minimum absolute atomic E-state index is 0.158. The smallest absolute Gasteiger partial charge is 0.220 e. The Hall–Kier alpha value is -0.610. The molecule has 0 aliphatic rings. The van der Waals surface area contributed by atoms with Gasteiger partial charge in [0.2, 0.25) is 5.91 Å². The molecule has 0 aromatic rings. The lowest BCUT2D eigenvalue weighted by Crippen LogP contribution is -2.28. The van der Waals surface area contributed by atoms with Crippen LogP contribution in [0.25, 0.3) is 0 Å². The minimum Gasteiger partial charge on any atom is -0.369 e. The van der Waals surface area contributed by atoms with Crippen molar-refractivity contribution in [3.8, 4) is 0 Å². The molecule has 0 saturated carbocycles. The van der Waals surface area contributed by atoms with Crippen LogP contribution < -0.4 is 5.73 Å². The van der Waals surface area contributed by atoms with E-state index in [0.717, 1.165) is 6.42 Å². The first kappa shape index (κ1) is 11.4. The largest absolute Gasteiger partial charge is 0.369 e. The van der Waals surface area contributed by atoms with Crippen LogP contribution in [0.3, 0.4) is 0 Å². The summed E-state index contributed by atoms with van der Waals surface area (Å²) in [6.07, 6.45) is 0.916. The van der Waals surface area contributed by atoms with E-state index < -0.39 is 0 Å². The van der Waals surface area contributed by atoms with Crippen LogP contribution in [0.1, 0.15) is 19.8 Å². The number of primary amides is 1. The zero-order valence-corrected chi connectivity index (χ0v) is 7.87. The highest BCUT2D eigenvalue weighted by molar-refractivity contribution is 5.76. The Kier molecular flexibility index (Phi) is 5.66. The van der Waals surface area contributed by atoms with Crippen LogP contribution in [0.5, 0.6) is 0 Å². The van der Waals surface area contributed by atoms with Gasteiger partial charge in [-0.1, -0.05) is 6.92 Å². The summed E-state index contributed by atoms with van der Waals surface area (Å²) in [6, 6.07) is 0. The summed E-state index contributed by atoms with van der Waals surface area (Å²) in [6.45, 7) is 1.91. The number of ether oxygens (including phenoxy) is 2. The van der Waals surface area contributed by atoms with Crippen LogP contribution >= 0.6 is 0 Å². The fourth-order valence-electron chi connectivity index (χ4n) is 1.00. The summed E-state index contributed by atoms with van der Waals surface area (Å²) in [4.78, 5) is 10.8. The van der Waals surface area contributed by atoms with Gasteiger partial charge in [-0.15, -0.1) is 0 Å². The molecule has 0 fully saturated rings. The molecule has 0 heterocycles. The highest BCUT2D eigenvalue weighted by Gasteiger charge is 2.18. The molecule has 1 unspecified atom stereocenters. The number of carbonyl (C=O) groups excluding carboxylic acids is 1. The van der Waals surface area contributed by atoms with Gasteiger partial charge in [0.05, 0.1) is 0 Å². The molecule has 1 atom stereocenters. The second-order valence-electron chi connectivity index (χ2n) is 2.64. The molecule has 0 spiro atoms. The van der Waals surface area contributed by atoms with E-state index in [2.05, 4.69) is 0 Å². The van der Waals surface area contributed by atoms with Gasteiger partial charge >= 0.3 is 0 Å². The van der Waals surface area contributed by atoms with Crippen LogP contribution in [0, 0.1) is 5.92 Å². The summed E-state index contributed by atoms with van der Waals surface area (Å²) in [5, 5.41) is 0. The van der Waals surface area contributed by atoms with Gasteiger partial charge < -0.3 is 15.2 Å². The average Bonchev–Trinajstić information content (AvgIpc) is 2.06. The van der Waals surface area contributed by atoms with Gasteiger partial charge in [0, 0.05) is 26.6 Å². The number of hydrogen-bond acceptors (Lipinski definition) is 3. The molecule has 0 bridgehead atoms. The number of carbonyl (C=O) groups is 1. The second kappa shape index (κ2) is 5.97. The van der Waals surface area contributed by atoms with Crippen molar-refractivity contribution in [2.24, 2.45) is 11.7 Å². The molecule has 0 aromatic carbocycles. The van der Waals surface area contributed by atoms with Gasteiger partial charge in [0.25, 0.3) is 0 Å². The molecular weight excluding hydrogens is 158 g/mol. The van der Waals surface area contributed by atoms with Crippen molar-refractivity contribution in [3.05, 3.63) is 0 Å².